The Balaban J connectivity index is 2.06. The molecule has 11 heteroatoms. The highest BCUT2D eigenvalue weighted by atomic mass is 32.2. The fourth-order valence-electron chi connectivity index (χ4n) is 4.14. The van der Waals surface area contributed by atoms with Crippen LogP contribution < -0.4 is 14.4 Å². The van der Waals surface area contributed by atoms with Crippen molar-refractivity contribution < 1.29 is 31.5 Å². The quantitative estimate of drug-likeness (QED) is 0.335. The molecule has 8 nitrogen and oxygen atoms in total. The van der Waals surface area contributed by atoms with Gasteiger partial charge in [-0.15, -0.1) is 0 Å². The summed E-state index contributed by atoms with van der Waals surface area (Å²) in [5.41, 5.74) is 1.22. The molecular formula is C29H33F2N3O5S. The first-order valence-corrected chi connectivity index (χ1v) is 14.5. The van der Waals surface area contributed by atoms with E-state index in [1.807, 2.05) is 37.3 Å². The second-order valence-corrected chi connectivity index (χ2v) is 11.1. The molecule has 0 aliphatic heterocycles. The topological polar surface area (TPSA) is 96.0 Å². The van der Waals surface area contributed by atoms with Crippen LogP contribution in [0.2, 0.25) is 0 Å². The van der Waals surface area contributed by atoms with Crippen molar-refractivity contribution in [3.8, 4) is 5.75 Å². The molecule has 0 aliphatic rings. The molecule has 0 unspecified atom stereocenters. The Morgan fingerprint density at radius 2 is 1.65 bits per heavy atom. The summed E-state index contributed by atoms with van der Waals surface area (Å²) in [6.07, 6.45) is 1.70. The molecule has 3 aromatic carbocycles. The Bertz CT molecular complexity index is 1420. The summed E-state index contributed by atoms with van der Waals surface area (Å²) < 4.78 is 59.0. The van der Waals surface area contributed by atoms with Gasteiger partial charge in [0, 0.05) is 25.6 Å². The second kappa shape index (κ2) is 13.9. The van der Waals surface area contributed by atoms with Gasteiger partial charge in [0.2, 0.25) is 21.8 Å². The first-order chi connectivity index (χ1) is 19.0. The van der Waals surface area contributed by atoms with Crippen molar-refractivity contribution in [1.29, 1.82) is 0 Å². The third kappa shape index (κ3) is 8.25. The van der Waals surface area contributed by atoms with Crippen LogP contribution in [-0.2, 0) is 32.6 Å². The first-order valence-electron chi connectivity index (χ1n) is 12.7. The lowest BCUT2D eigenvalue weighted by atomic mass is 10.0. The van der Waals surface area contributed by atoms with Gasteiger partial charge in [-0.05, 0) is 41.8 Å². The maximum absolute atomic E-state index is 14.0. The van der Waals surface area contributed by atoms with E-state index in [1.54, 1.807) is 24.3 Å². The van der Waals surface area contributed by atoms with E-state index in [2.05, 4.69) is 5.32 Å². The number of halogens is 2. The fourth-order valence-corrected chi connectivity index (χ4v) is 4.98. The molecule has 0 heterocycles. The van der Waals surface area contributed by atoms with Gasteiger partial charge in [-0.1, -0.05) is 49.4 Å². The molecule has 2 amide bonds. The summed E-state index contributed by atoms with van der Waals surface area (Å²) in [7, 11) is -2.60. The maximum atomic E-state index is 14.0. The Labute approximate surface area is 233 Å². The highest BCUT2D eigenvalue weighted by Crippen LogP contribution is 2.23. The summed E-state index contributed by atoms with van der Waals surface area (Å²) in [5.74, 6) is -2.97. The SMILES string of the molecule is CCCNC(=O)[C@@H](Cc1ccccc1)N(Cc1cccc(OC)c1)C(=O)CN(c1ccc(F)c(F)c1)S(C)(=O)=O. The van der Waals surface area contributed by atoms with Crippen LogP contribution >= 0.6 is 0 Å². The monoisotopic (exact) mass is 573 g/mol. The average molecular weight is 574 g/mol. The number of benzene rings is 3. The standard InChI is InChI=1S/C29H33F2N3O5S/c1-4-15-32-29(36)27(17-21-9-6-5-7-10-21)33(19-22-11-8-12-24(16-22)39-2)28(35)20-34(40(3,37)38)23-13-14-25(30)26(31)18-23/h5-14,16,18,27H,4,15,17,19-20H2,1-3H3,(H,32,36)/t27-/m1/s1. The Morgan fingerprint density at radius 1 is 0.950 bits per heavy atom. The molecule has 0 fully saturated rings. The minimum absolute atomic E-state index is 0.0392. The molecule has 214 valence electrons. The van der Waals surface area contributed by atoms with Crippen molar-refractivity contribution in [1.82, 2.24) is 10.2 Å². The molecular weight excluding hydrogens is 540 g/mol. The van der Waals surface area contributed by atoms with Crippen molar-refractivity contribution >= 4 is 27.5 Å². The zero-order chi connectivity index (χ0) is 29.3. The number of carbonyl (C=O) groups is 2. The van der Waals surface area contributed by atoms with Crippen molar-refractivity contribution in [2.75, 3.05) is 30.8 Å². The molecule has 0 saturated carbocycles. The van der Waals surface area contributed by atoms with Gasteiger partial charge in [-0.25, -0.2) is 17.2 Å². The molecule has 3 rings (SSSR count). The van der Waals surface area contributed by atoms with E-state index in [0.717, 1.165) is 24.0 Å². The number of ether oxygens (including phenoxy) is 1. The number of nitrogens with one attached hydrogen (secondary N) is 1. The zero-order valence-corrected chi connectivity index (χ0v) is 23.5. The van der Waals surface area contributed by atoms with Crippen LogP contribution in [0.3, 0.4) is 0 Å². The lowest BCUT2D eigenvalue weighted by Crippen LogP contribution is -2.53. The van der Waals surface area contributed by atoms with Gasteiger partial charge in [0.1, 0.15) is 18.3 Å². The summed E-state index contributed by atoms with van der Waals surface area (Å²) in [5, 5.41) is 2.84. The van der Waals surface area contributed by atoms with E-state index in [4.69, 9.17) is 4.74 Å². The number of anilines is 1. The number of amides is 2. The number of hydrogen-bond donors (Lipinski definition) is 1. The molecule has 1 N–H and O–H groups in total. The normalized spacial score (nSPS) is 11.9. The van der Waals surface area contributed by atoms with E-state index in [9.17, 15) is 26.8 Å². The molecule has 3 aromatic rings. The highest BCUT2D eigenvalue weighted by Gasteiger charge is 2.33. The summed E-state index contributed by atoms with van der Waals surface area (Å²) >= 11 is 0. The number of carbonyl (C=O) groups excluding carboxylic acids is 2. The number of hydrogen-bond acceptors (Lipinski definition) is 5. The van der Waals surface area contributed by atoms with E-state index >= 15 is 0 Å². The zero-order valence-electron chi connectivity index (χ0n) is 22.6. The van der Waals surface area contributed by atoms with Crippen LogP contribution in [0.5, 0.6) is 5.75 Å². The van der Waals surface area contributed by atoms with Crippen molar-refractivity contribution in [2.24, 2.45) is 0 Å². The van der Waals surface area contributed by atoms with E-state index < -0.39 is 46.1 Å². The van der Waals surface area contributed by atoms with Gasteiger partial charge in [-0.2, -0.15) is 0 Å². The molecule has 0 aromatic heterocycles. The van der Waals surface area contributed by atoms with Crippen LogP contribution in [0.25, 0.3) is 0 Å². The predicted octanol–water partition coefficient (Wildman–Crippen LogP) is 3.91. The van der Waals surface area contributed by atoms with E-state index in [0.29, 0.717) is 34.7 Å². The van der Waals surface area contributed by atoms with Crippen LogP contribution in [0.15, 0.2) is 72.8 Å². The second-order valence-electron chi connectivity index (χ2n) is 9.24. The molecule has 0 aliphatic carbocycles. The van der Waals surface area contributed by atoms with Crippen molar-refractivity contribution in [2.45, 2.75) is 32.4 Å². The lowest BCUT2D eigenvalue weighted by Gasteiger charge is -2.33. The van der Waals surface area contributed by atoms with Crippen molar-refractivity contribution in [3.63, 3.8) is 0 Å². The van der Waals surface area contributed by atoms with Crippen LogP contribution in [0.4, 0.5) is 14.5 Å². The molecule has 40 heavy (non-hydrogen) atoms. The molecule has 0 spiro atoms. The average Bonchev–Trinajstić information content (AvgIpc) is 2.93. The molecule has 1 atom stereocenters. The fraction of sp³-hybridized carbons (Fsp3) is 0.310. The first kappa shape index (κ1) is 30.6. The van der Waals surface area contributed by atoms with Gasteiger partial charge in [0.15, 0.2) is 11.6 Å². The largest absolute Gasteiger partial charge is 0.497 e. The molecule has 0 radical (unpaired) electrons. The van der Waals surface area contributed by atoms with Gasteiger partial charge < -0.3 is 15.0 Å². The Hall–Kier alpha value is -3.99. The van der Waals surface area contributed by atoms with Gasteiger partial charge in [0.25, 0.3) is 0 Å². The summed E-state index contributed by atoms with van der Waals surface area (Å²) in [6, 6.07) is 17.7. The number of nitrogens with zero attached hydrogens (tertiary/aromatic N) is 2. The Kier molecular flexibility index (Phi) is 10.6. The van der Waals surface area contributed by atoms with Crippen molar-refractivity contribution in [3.05, 3.63) is 95.6 Å². The Morgan fingerprint density at radius 3 is 2.27 bits per heavy atom. The maximum Gasteiger partial charge on any atom is 0.244 e. The third-order valence-corrected chi connectivity index (χ3v) is 7.32. The van der Waals surface area contributed by atoms with Crippen LogP contribution in [0, 0.1) is 11.6 Å². The molecule has 0 saturated heterocycles. The number of sulfonamides is 1. The van der Waals surface area contributed by atoms with Gasteiger partial charge in [0.05, 0.1) is 19.1 Å². The lowest BCUT2D eigenvalue weighted by molar-refractivity contribution is -0.140. The predicted molar refractivity (Wildman–Crippen MR) is 149 cm³/mol. The minimum Gasteiger partial charge on any atom is -0.497 e. The smallest absolute Gasteiger partial charge is 0.244 e. The number of methoxy groups -OCH3 is 1. The third-order valence-electron chi connectivity index (χ3n) is 6.18. The number of rotatable bonds is 13. The molecule has 0 bridgehead atoms. The summed E-state index contributed by atoms with van der Waals surface area (Å²) in [6.45, 7) is 1.51. The van der Waals surface area contributed by atoms with Gasteiger partial charge >= 0.3 is 0 Å². The van der Waals surface area contributed by atoms with Crippen LogP contribution in [0.1, 0.15) is 24.5 Å². The van der Waals surface area contributed by atoms with Gasteiger partial charge in [-0.3, -0.25) is 13.9 Å². The summed E-state index contributed by atoms with van der Waals surface area (Å²) in [4.78, 5) is 28.7. The van der Waals surface area contributed by atoms with E-state index in [1.165, 1.54) is 12.0 Å². The van der Waals surface area contributed by atoms with Crippen LogP contribution in [-0.4, -0.2) is 57.6 Å². The minimum atomic E-state index is -4.10. The highest BCUT2D eigenvalue weighted by molar-refractivity contribution is 7.92. The van der Waals surface area contributed by atoms with E-state index in [-0.39, 0.29) is 18.7 Å².